The maximum Gasteiger partial charge on any atom is 0.220 e. The molecule has 106 valence electrons. The molecule has 0 aromatic carbocycles. The molecule has 0 aliphatic carbocycles. The van der Waals surface area contributed by atoms with E-state index in [-0.39, 0.29) is 11.9 Å². The number of hydrogen-bond acceptors (Lipinski definition) is 5. The maximum absolute atomic E-state index is 11.9. The molecule has 2 aromatic rings. The number of amides is 1. The first-order valence-corrected chi connectivity index (χ1v) is 6.58. The molecule has 0 fully saturated rings. The van der Waals surface area contributed by atoms with Gasteiger partial charge in [0.15, 0.2) is 0 Å². The smallest absolute Gasteiger partial charge is 0.220 e. The summed E-state index contributed by atoms with van der Waals surface area (Å²) < 4.78 is 1.61. The van der Waals surface area contributed by atoms with Crippen LogP contribution in [0.5, 0.6) is 0 Å². The summed E-state index contributed by atoms with van der Waals surface area (Å²) in [5, 5.41) is 13.8. The molecule has 0 spiro atoms. The van der Waals surface area contributed by atoms with Crippen LogP contribution in [0.3, 0.4) is 0 Å². The van der Waals surface area contributed by atoms with Crippen LogP contribution in [0.25, 0.3) is 0 Å². The molecule has 0 aliphatic heterocycles. The quantitative estimate of drug-likeness (QED) is 0.850. The number of nitrogens with one attached hydrogen (secondary N) is 1. The fourth-order valence-corrected chi connectivity index (χ4v) is 2.02. The number of carbonyl (C=O) groups excluding carboxylic acids is 1. The van der Waals surface area contributed by atoms with Crippen LogP contribution in [0.2, 0.25) is 0 Å². The molecule has 0 radical (unpaired) electrons. The van der Waals surface area contributed by atoms with Gasteiger partial charge < -0.3 is 5.32 Å². The number of aryl methyl sites for hydroxylation is 2. The molecule has 7 heteroatoms. The predicted octanol–water partition coefficient (Wildman–Crippen LogP) is 1.03. The van der Waals surface area contributed by atoms with Crippen molar-refractivity contribution in [1.29, 1.82) is 0 Å². The van der Waals surface area contributed by atoms with Gasteiger partial charge in [-0.15, -0.1) is 5.10 Å². The van der Waals surface area contributed by atoms with Crippen LogP contribution < -0.4 is 5.32 Å². The van der Waals surface area contributed by atoms with Crippen molar-refractivity contribution in [2.45, 2.75) is 39.3 Å². The van der Waals surface area contributed by atoms with E-state index in [4.69, 9.17) is 0 Å². The zero-order valence-electron chi connectivity index (χ0n) is 11.7. The summed E-state index contributed by atoms with van der Waals surface area (Å²) in [4.78, 5) is 16.2. The summed E-state index contributed by atoms with van der Waals surface area (Å²) in [6.07, 6.45) is 4.42. The average Bonchev–Trinajstić information content (AvgIpc) is 2.92. The lowest BCUT2D eigenvalue weighted by molar-refractivity contribution is -0.121. The zero-order valence-corrected chi connectivity index (χ0v) is 11.7. The molecule has 0 bridgehead atoms. The third kappa shape index (κ3) is 3.84. The van der Waals surface area contributed by atoms with Gasteiger partial charge in [-0.3, -0.25) is 9.78 Å². The highest BCUT2D eigenvalue weighted by molar-refractivity contribution is 5.76. The lowest BCUT2D eigenvalue weighted by Crippen LogP contribution is -2.27. The molecule has 1 amide bonds. The first-order chi connectivity index (χ1) is 9.66. The molecule has 0 saturated carbocycles. The van der Waals surface area contributed by atoms with Gasteiger partial charge in [-0.05, 0) is 42.3 Å². The zero-order chi connectivity index (χ0) is 14.4. The number of tetrazole rings is 1. The van der Waals surface area contributed by atoms with Gasteiger partial charge in [0.25, 0.3) is 0 Å². The van der Waals surface area contributed by atoms with Gasteiger partial charge in [-0.1, -0.05) is 6.07 Å². The largest absolute Gasteiger partial charge is 0.348 e. The van der Waals surface area contributed by atoms with Crippen molar-refractivity contribution < 1.29 is 4.79 Å². The lowest BCUT2D eigenvalue weighted by Gasteiger charge is -2.15. The first-order valence-electron chi connectivity index (χ1n) is 6.58. The Bertz CT molecular complexity index is 554. The molecule has 1 unspecified atom stereocenters. The second-order valence-corrected chi connectivity index (χ2v) is 4.67. The Hall–Kier alpha value is -2.31. The van der Waals surface area contributed by atoms with Crippen LogP contribution in [0.1, 0.15) is 37.1 Å². The molecule has 0 aliphatic rings. The van der Waals surface area contributed by atoms with Gasteiger partial charge in [0.1, 0.15) is 6.33 Å². The Labute approximate surface area is 117 Å². The summed E-state index contributed by atoms with van der Waals surface area (Å²) in [7, 11) is 0. The average molecular weight is 274 g/mol. The molecule has 1 atom stereocenters. The fraction of sp³-hybridized carbons (Fsp3) is 0.462. The Morgan fingerprint density at radius 2 is 2.35 bits per heavy atom. The van der Waals surface area contributed by atoms with E-state index in [0.717, 1.165) is 11.3 Å². The van der Waals surface area contributed by atoms with Crippen LogP contribution in [0, 0.1) is 6.92 Å². The van der Waals surface area contributed by atoms with Gasteiger partial charge in [-0.2, -0.15) is 0 Å². The van der Waals surface area contributed by atoms with Gasteiger partial charge in [0.05, 0.1) is 11.7 Å². The summed E-state index contributed by atoms with van der Waals surface area (Å²) >= 11 is 0. The summed E-state index contributed by atoms with van der Waals surface area (Å²) in [5.41, 5.74) is 1.98. The van der Waals surface area contributed by atoms with E-state index in [1.54, 1.807) is 10.9 Å². The minimum absolute atomic E-state index is 0.00984. The molecule has 2 rings (SSSR count). The van der Waals surface area contributed by atoms with Crippen LogP contribution in [-0.4, -0.2) is 31.1 Å². The maximum atomic E-state index is 11.9. The molecule has 2 heterocycles. The van der Waals surface area contributed by atoms with Crippen LogP contribution in [0.4, 0.5) is 0 Å². The standard InChI is InChI=1S/C13H18N6O/c1-10-5-3-7-14-13(10)11(2)16-12(20)6-4-8-19-9-15-17-18-19/h3,5,7,9,11H,4,6,8H2,1-2H3,(H,16,20). The van der Waals surface area contributed by atoms with Crippen molar-refractivity contribution in [2.75, 3.05) is 0 Å². The highest BCUT2D eigenvalue weighted by Gasteiger charge is 2.12. The van der Waals surface area contributed by atoms with Crippen LogP contribution in [-0.2, 0) is 11.3 Å². The number of aromatic nitrogens is 5. The Balaban J connectivity index is 1.78. The minimum atomic E-state index is -0.0864. The second kappa shape index (κ2) is 6.74. The highest BCUT2D eigenvalue weighted by Crippen LogP contribution is 2.13. The number of hydrogen-bond donors (Lipinski definition) is 1. The van der Waals surface area contributed by atoms with Crippen molar-refractivity contribution in [3.63, 3.8) is 0 Å². The van der Waals surface area contributed by atoms with E-state index in [1.165, 1.54) is 6.33 Å². The van der Waals surface area contributed by atoms with E-state index >= 15 is 0 Å². The first kappa shape index (κ1) is 14.1. The fourth-order valence-electron chi connectivity index (χ4n) is 2.02. The summed E-state index contributed by atoms with van der Waals surface area (Å²) in [6.45, 7) is 4.56. The predicted molar refractivity (Wildman–Crippen MR) is 72.6 cm³/mol. The summed E-state index contributed by atoms with van der Waals surface area (Å²) in [6, 6.07) is 3.79. The number of nitrogens with zero attached hydrogens (tertiary/aromatic N) is 5. The second-order valence-electron chi connectivity index (χ2n) is 4.67. The van der Waals surface area contributed by atoms with E-state index in [1.807, 2.05) is 26.0 Å². The topological polar surface area (TPSA) is 85.6 Å². The van der Waals surface area contributed by atoms with Gasteiger partial charge in [-0.25, -0.2) is 4.68 Å². The van der Waals surface area contributed by atoms with E-state index in [2.05, 4.69) is 25.8 Å². The molecule has 1 N–H and O–H groups in total. The monoisotopic (exact) mass is 274 g/mol. The molecule has 7 nitrogen and oxygen atoms in total. The normalized spacial score (nSPS) is 12.1. The van der Waals surface area contributed by atoms with Crippen molar-refractivity contribution in [3.05, 3.63) is 35.9 Å². The van der Waals surface area contributed by atoms with Gasteiger partial charge in [0, 0.05) is 19.2 Å². The number of pyridine rings is 1. The van der Waals surface area contributed by atoms with Gasteiger partial charge >= 0.3 is 0 Å². The third-order valence-electron chi connectivity index (χ3n) is 3.02. The molecular formula is C13H18N6O. The van der Waals surface area contributed by atoms with Crippen molar-refractivity contribution in [2.24, 2.45) is 0 Å². The number of carbonyl (C=O) groups is 1. The van der Waals surface area contributed by atoms with Crippen molar-refractivity contribution >= 4 is 5.91 Å². The van der Waals surface area contributed by atoms with E-state index in [9.17, 15) is 4.79 Å². The van der Waals surface area contributed by atoms with E-state index < -0.39 is 0 Å². The highest BCUT2D eigenvalue weighted by atomic mass is 16.1. The Morgan fingerprint density at radius 1 is 1.50 bits per heavy atom. The lowest BCUT2D eigenvalue weighted by atomic mass is 10.1. The SMILES string of the molecule is Cc1cccnc1C(C)NC(=O)CCCn1cnnn1. The van der Waals surface area contributed by atoms with Gasteiger partial charge in [0.2, 0.25) is 5.91 Å². The van der Waals surface area contributed by atoms with Crippen LogP contribution in [0.15, 0.2) is 24.7 Å². The minimum Gasteiger partial charge on any atom is -0.348 e. The molecule has 20 heavy (non-hydrogen) atoms. The molecule has 2 aromatic heterocycles. The Kier molecular flexibility index (Phi) is 4.75. The van der Waals surface area contributed by atoms with E-state index in [0.29, 0.717) is 19.4 Å². The van der Waals surface area contributed by atoms with Crippen molar-refractivity contribution in [3.8, 4) is 0 Å². The summed E-state index contributed by atoms with van der Waals surface area (Å²) in [5.74, 6) is 0.00984. The molecule has 0 saturated heterocycles. The van der Waals surface area contributed by atoms with Crippen LogP contribution >= 0.6 is 0 Å². The van der Waals surface area contributed by atoms with Crippen molar-refractivity contribution in [1.82, 2.24) is 30.5 Å². The Morgan fingerprint density at radius 3 is 3.05 bits per heavy atom. The molecular weight excluding hydrogens is 256 g/mol. The third-order valence-corrected chi connectivity index (χ3v) is 3.02. The number of rotatable bonds is 6.